The normalized spacial score (nSPS) is 12.3. The molecule has 112 valence electrons. The molecule has 0 N–H and O–H groups in total. The van der Waals surface area contributed by atoms with Crippen LogP contribution in [0.3, 0.4) is 0 Å². The number of likely N-dealkylation sites (N-methyl/N-ethyl adjacent to an activating group) is 1. The lowest BCUT2D eigenvalue weighted by molar-refractivity contribution is -0.132. The van der Waals surface area contributed by atoms with Gasteiger partial charge < -0.3 is 4.90 Å². The molecule has 2 aromatic carbocycles. The molecule has 5 nitrogen and oxygen atoms in total. The standard InChI is InChI=1S/C17H18N4O/c1-13(14-8-4-3-5-9-14)20(2)17(22)12-21-16-11-7-6-10-15(16)18-19-21/h3-11,13H,12H2,1-2H3. The maximum absolute atomic E-state index is 12.5. The van der Waals surface area contributed by atoms with Crippen LogP contribution in [0.25, 0.3) is 11.0 Å². The number of fused-ring (bicyclic) bond motifs is 1. The third-order valence-corrected chi connectivity index (χ3v) is 3.96. The lowest BCUT2D eigenvalue weighted by Gasteiger charge is -2.25. The molecule has 1 aromatic heterocycles. The minimum atomic E-state index is 0.00649. The monoisotopic (exact) mass is 294 g/mol. The molecule has 5 heteroatoms. The summed E-state index contributed by atoms with van der Waals surface area (Å²) in [4.78, 5) is 14.2. The van der Waals surface area contributed by atoms with Crippen molar-refractivity contribution in [1.29, 1.82) is 0 Å². The first-order valence-electron chi connectivity index (χ1n) is 7.25. The number of aromatic nitrogens is 3. The fourth-order valence-electron chi connectivity index (χ4n) is 2.44. The van der Waals surface area contributed by atoms with E-state index in [-0.39, 0.29) is 18.5 Å². The Bertz CT molecular complexity index is 781. The highest BCUT2D eigenvalue weighted by Gasteiger charge is 2.18. The van der Waals surface area contributed by atoms with Crippen molar-refractivity contribution >= 4 is 16.9 Å². The molecule has 0 aliphatic heterocycles. The SMILES string of the molecule is CC(c1ccccc1)N(C)C(=O)Cn1nnc2ccccc21. The molecule has 3 rings (SSSR count). The van der Waals surface area contributed by atoms with E-state index in [2.05, 4.69) is 10.3 Å². The fourth-order valence-corrected chi connectivity index (χ4v) is 2.44. The number of carbonyl (C=O) groups is 1. The Labute approximate surface area is 129 Å². The Balaban J connectivity index is 1.76. The third kappa shape index (κ3) is 2.70. The topological polar surface area (TPSA) is 51.0 Å². The van der Waals surface area contributed by atoms with Crippen LogP contribution >= 0.6 is 0 Å². The molecule has 0 bridgehead atoms. The molecule has 0 aliphatic rings. The van der Waals surface area contributed by atoms with Crippen molar-refractivity contribution < 1.29 is 4.79 Å². The number of hydrogen-bond acceptors (Lipinski definition) is 3. The predicted molar refractivity (Wildman–Crippen MR) is 85.2 cm³/mol. The number of hydrogen-bond donors (Lipinski definition) is 0. The van der Waals surface area contributed by atoms with Gasteiger partial charge in [-0.2, -0.15) is 0 Å². The molecule has 0 fully saturated rings. The number of para-hydroxylation sites is 1. The van der Waals surface area contributed by atoms with E-state index in [9.17, 15) is 4.79 Å². The van der Waals surface area contributed by atoms with Crippen LogP contribution in [0.2, 0.25) is 0 Å². The summed E-state index contributed by atoms with van der Waals surface area (Å²) < 4.78 is 1.64. The molecule has 1 unspecified atom stereocenters. The van der Waals surface area contributed by atoms with Gasteiger partial charge in [0, 0.05) is 7.05 Å². The van der Waals surface area contributed by atoms with Gasteiger partial charge in [0.1, 0.15) is 12.1 Å². The van der Waals surface area contributed by atoms with E-state index in [0.29, 0.717) is 0 Å². The molecule has 0 saturated carbocycles. The molecule has 1 heterocycles. The second-order valence-electron chi connectivity index (χ2n) is 5.33. The van der Waals surface area contributed by atoms with Gasteiger partial charge >= 0.3 is 0 Å². The summed E-state index contributed by atoms with van der Waals surface area (Å²) in [7, 11) is 1.82. The second kappa shape index (κ2) is 5.97. The van der Waals surface area contributed by atoms with Crippen LogP contribution in [0.4, 0.5) is 0 Å². The zero-order chi connectivity index (χ0) is 15.5. The highest BCUT2D eigenvalue weighted by molar-refractivity contribution is 5.80. The number of benzene rings is 2. The first-order valence-corrected chi connectivity index (χ1v) is 7.25. The quantitative estimate of drug-likeness (QED) is 0.743. The molecule has 1 amide bonds. The summed E-state index contributed by atoms with van der Waals surface area (Å²) in [6.45, 7) is 2.21. The third-order valence-electron chi connectivity index (χ3n) is 3.96. The largest absolute Gasteiger partial charge is 0.337 e. The van der Waals surface area contributed by atoms with Gasteiger partial charge in [-0.05, 0) is 24.6 Å². The lowest BCUT2D eigenvalue weighted by atomic mass is 10.1. The molecule has 0 spiro atoms. The van der Waals surface area contributed by atoms with Crippen molar-refractivity contribution in [3.63, 3.8) is 0 Å². The molecule has 22 heavy (non-hydrogen) atoms. The number of carbonyl (C=O) groups excluding carboxylic acids is 1. The van der Waals surface area contributed by atoms with Crippen molar-refractivity contribution in [2.75, 3.05) is 7.05 Å². The summed E-state index contributed by atoms with van der Waals surface area (Å²) in [6.07, 6.45) is 0. The Kier molecular flexibility index (Phi) is 3.87. The zero-order valence-electron chi connectivity index (χ0n) is 12.7. The fraction of sp³-hybridized carbons (Fsp3) is 0.235. The minimum absolute atomic E-state index is 0.00649. The zero-order valence-corrected chi connectivity index (χ0v) is 12.7. The van der Waals surface area contributed by atoms with Gasteiger partial charge in [-0.25, -0.2) is 4.68 Å². The van der Waals surface area contributed by atoms with Crippen molar-refractivity contribution in [2.45, 2.75) is 19.5 Å². The van der Waals surface area contributed by atoms with E-state index in [4.69, 9.17) is 0 Å². The summed E-state index contributed by atoms with van der Waals surface area (Å²) in [5.74, 6) is 0.00649. The average molecular weight is 294 g/mol. The molecule has 1 atom stereocenters. The molecular formula is C17H18N4O. The molecular weight excluding hydrogens is 276 g/mol. The summed E-state index contributed by atoms with van der Waals surface area (Å²) in [5.41, 5.74) is 2.78. The van der Waals surface area contributed by atoms with E-state index in [1.165, 1.54) is 0 Å². The van der Waals surface area contributed by atoms with Crippen molar-refractivity contribution in [3.8, 4) is 0 Å². The van der Waals surface area contributed by atoms with E-state index < -0.39 is 0 Å². The van der Waals surface area contributed by atoms with Crippen LogP contribution in [-0.2, 0) is 11.3 Å². The Morgan fingerprint density at radius 1 is 1.14 bits per heavy atom. The summed E-state index contributed by atoms with van der Waals surface area (Å²) in [6, 6.07) is 17.6. The van der Waals surface area contributed by atoms with E-state index in [1.807, 2.05) is 68.6 Å². The predicted octanol–water partition coefficient (Wildman–Crippen LogP) is 2.65. The van der Waals surface area contributed by atoms with E-state index in [1.54, 1.807) is 9.58 Å². The van der Waals surface area contributed by atoms with Gasteiger partial charge in [-0.1, -0.05) is 47.7 Å². The van der Waals surface area contributed by atoms with Crippen molar-refractivity contribution in [1.82, 2.24) is 19.9 Å². The molecule has 0 aliphatic carbocycles. The Morgan fingerprint density at radius 3 is 2.59 bits per heavy atom. The first-order chi connectivity index (χ1) is 10.7. The van der Waals surface area contributed by atoms with Crippen molar-refractivity contribution in [3.05, 3.63) is 60.2 Å². The van der Waals surface area contributed by atoms with Gasteiger partial charge in [0.15, 0.2) is 0 Å². The number of amides is 1. The highest BCUT2D eigenvalue weighted by Crippen LogP contribution is 2.19. The highest BCUT2D eigenvalue weighted by atomic mass is 16.2. The molecule has 3 aromatic rings. The molecule has 0 radical (unpaired) electrons. The van der Waals surface area contributed by atoms with Crippen LogP contribution in [0, 0.1) is 0 Å². The van der Waals surface area contributed by atoms with Gasteiger partial charge in [0.2, 0.25) is 5.91 Å². The van der Waals surface area contributed by atoms with Crippen LogP contribution in [0.1, 0.15) is 18.5 Å². The minimum Gasteiger partial charge on any atom is -0.337 e. The Morgan fingerprint density at radius 2 is 1.82 bits per heavy atom. The molecule has 0 saturated heterocycles. The maximum atomic E-state index is 12.5. The van der Waals surface area contributed by atoms with Gasteiger partial charge in [0.25, 0.3) is 0 Å². The second-order valence-corrected chi connectivity index (χ2v) is 5.33. The van der Waals surface area contributed by atoms with Gasteiger partial charge in [-0.15, -0.1) is 5.10 Å². The summed E-state index contributed by atoms with van der Waals surface area (Å²) in [5, 5.41) is 8.15. The summed E-state index contributed by atoms with van der Waals surface area (Å²) >= 11 is 0. The van der Waals surface area contributed by atoms with Gasteiger partial charge in [-0.3, -0.25) is 4.79 Å². The van der Waals surface area contributed by atoms with E-state index >= 15 is 0 Å². The van der Waals surface area contributed by atoms with Crippen LogP contribution < -0.4 is 0 Å². The Hall–Kier alpha value is -2.69. The van der Waals surface area contributed by atoms with Crippen LogP contribution in [0.15, 0.2) is 54.6 Å². The van der Waals surface area contributed by atoms with Gasteiger partial charge in [0.05, 0.1) is 11.6 Å². The van der Waals surface area contributed by atoms with Crippen molar-refractivity contribution in [2.24, 2.45) is 0 Å². The lowest BCUT2D eigenvalue weighted by Crippen LogP contribution is -2.32. The van der Waals surface area contributed by atoms with E-state index in [0.717, 1.165) is 16.6 Å². The van der Waals surface area contributed by atoms with Crippen LogP contribution in [-0.4, -0.2) is 32.8 Å². The van der Waals surface area contributed by atoms with Crippen LogP contribution in [0.5, 0.6) is 0 Å². The number of nitrogens with zero attached hydrogens (tertiary/aromatic N) is 4. The number of rotatable bonds is 4. The first kappa shape index (κ1) is 14.3. The average Bonchev–Trinajstić information content (AvgIpc) is 2.97. The maximum Gasteiger partial charge on any atom is 0.244 e. The smallest absolute Gasteiger partial charge is 0.244 e.